The summed E-state index contributed by atoms with van der Waals surface area (Å²) >= 11 is 3.50. The molecular formula is C37H23BrN2O. The minimum Gasteiger partial charge on any atom is -0.309 e. The molecule has 6 aromatic carbocycles. The van der Waals surface area contributed by atoms with E-state index in [1.54, 1.807) is 0 Å². The largest absolute Gasteiger partial charge is 0.309 e. The van der Waals surface area contributed by atoms with E-state index in [0.29, 0.717) is 11.1 Å². The van der Waals surface area contributed by atoms with Crippen molar-refractivity contribution >= 4 is 65.3 Å². The van der Waals surface area contributed by atoms with E-state index in [-0.39, 0.29) is 5.78 Å². The molecule has 8 rings (SSSR count). The predicted molar refractivity (Wildman–Crippen MR) is 173 cm³/mol. The second-order valence-electron chi connectivity index (χ2n) is 10.3. The van der Waals surface area contributed by atoms with Crippen molar-refractivity contribution in [1.82, 2.24) is 9.13 Å². The molecule has 4 heteroatoms. The molecule has 0 aliphatic rings. The van der Waals surface area contributed by atoms with Gasteiger partial charge < -0.3 is 9.13 Å². The topological polar surface area (TPSA) is 26.9 Å². The van der Waals surface area contributed by atoms with Gasteiger partial charge in [0.2, 0.25) is 0 Å². The van der Waals surface area contributed by atoms with Gasteiger partial charge in [-0.25, -0.2) is 0 Å². The van der Waals surface area contributed by atoms with E-state index in [4.69, 9.17) is 0 Å². The summed E-state index contributed by atoms with van der Waals surface area (Å²) in [5.41, 5.74) is 7.61. The number of ketones is 1. The van der Waals surface area contributed by atoms with Gasteiger partial charge in [-0.15, -0.1) is 0 Å². The molecule has 0 amide bonds. The van der Waals surface area contributed by atoms with Gasteiger partial charge in [-0.05, 0) is 66.7 Å². The van der Waals surface area contributed by atoms with Gasteiger partial charge in [-0.3, -0.25) is 4.79 Å². The fourth-order valence-corrected chi connectivity index (χ4v) is 6.42. The van der Waals surface area contributed by atoms with Crippen LogP contribution in [-0.2, 0) is 0 Å². The Bertz CT molecular complexity index is 2050. The summed E-state index contributed by atoms with van der Waals surface area (Å²) < 4.78 is 5.50. The first-order valence-corrected chi connectivity index (χ1v) is 14.4. The first-order valence-electron chi connectivity index (χ1n) is 13.6. The maximum Gasteiger partial charge on any atom is 0.193 e. The third kappa shape index (κ3) is 3.75. The molecule has 0 aliphatic heterocycles. The number of rotatable bonds is 4. The third-order valence-electron chi connectivity index (χ3n) is 7.95. The van der Waals surface area contributed by atoms with Gasteiger partial charge in [0.25, 0.3) is 0 Å². The van der Waals surface area contributed by atoms with Crippen LogP contribution in [-0.4, -0.2) is 14.9 Å². The highest BCUT2D eigenvalue weighted by Crippen LogP contribution is 2.36. The van der Waals surface area contributed by atoms with E-state index < -0.39 is 0 Å². The molecule has 3 nitrogen and oxygen atoms in total. The average molecular weight is 592 g/mol. The minimum absolute atomic E-state index is 0.0119. The summed E-state index contributed by atoms with van der Waals surface area (Å²) in [5, 5.41) is 4.75. The van der Waals surface area contributed by atoms with Crippen molar-refractivity contribution in [2.24, 2.45) is 0 Å². The molecule has 0 radical (unpaired) electrons. The summed E-state index contributed by atoms with van der Waals surface area (Å²) in [7, 11) is 0. The lowest BCUT2D eigenvalue weighted by atomic mass is 10.0. The molecule has 0 N–H and O–H groups in total. The highest BCUT2D eigenvalue weighted by Gasteiger charge is 2.19. The molecule has 0 saturated carbocycles. The number of carbonyl (C=O) groups excluding carboxylic acids is 1. The van der Waals surface area contributed by atoms with Gasteiger partial charge in [-0.1, -0.05) is 88.7 Å². The lowest BCUT2D eigenvalue weighted by molar-refractivity contribution is 0.103. The number of aromatic nitrogens is 2. The Morgan fingerprint density at radius 1 is 0.439 bits per heavy atom. The van der Waals surface area contributed by atoms with E-state index in [2.05, 4.69) is 128 Å². The average Bonchev–Trinajstić information content (AvgIpc) is 3.54. The van der Waals surface area contributed by atoms with Crippen LogP contribution in [0.25, 0.3) is 55.0 Å². The van der Waals surface area contributed by atoms with Crippen LogP contribution >= 0.6 is 15.9 Å². The summed E-state index contributed by atoms with van der Waals surface area (Å²) in [6, 6.07) is 47.7. The smallest absolute Gasteiger partial charge is 0.193 e. The van der Waals surface area contributed by atoms with E-state index in [1.807, 2.05) is 36.4 Å². The molecule has 2 aromatic heterocycles. The number of fused-ring (bicyclic) bond motifs is 6. The number of benzene rings is 6. The van der Waals surface area contributed by atoms with Crippen molar-refractivity contribution in [3.8, 4) is 11.4 Å². The monoisotopic (exact) mass is 590 g/mol. The number of halogens is 1. The molecule has 0 atom stereocenters. The zero-order valence-corrected chi connectivity index (χ0v) is 23.5. The van der Waals surface area contributed by atoms with Crippen molar-refractivity contribution in [3.63, 3.8) is 0 Å². The fourth-order valence-electron chi connectivity index (χ4n) is 6.15. The molecule has 2 heterocycles. The molecule has 0 bridgehead atoms. The van der Waals surface area contributed by atoms with Crippen molar-refractivity contribution in [3.05, 3.63) is 155 Å². The van der Waals surface area contributed by atoms with Gasteiger partial charge in [0.05, 0.1) is 22.1 Å². The molecule has 0 fully saturated rings. The van der Waals surface area contributed by atoms with Crippen molar-refractivity contribution in [2.45, 2.75) is 0 Å². The first kappa shape index (κ1) is 23.9. The lowest BCUT2D eigenvalue weighted by Crippen LogP contribution is -2.06. The third-order valence-corrected chi connectivity index (χ3v) is 8.48. The normalized spacial score (nSPS) is 11.6. The highest BCUT2D eigenvalue weighted by molar-refractivity contribution is 9.10. The Kier molecular flexibility index (Phi) is 5.44. The summed E-state index contributed by atoms with van der Waals surface area (Å²) in [6.45, 7) is 0. The maximum absolute atomic E-state index is 14.0. The van der Waals surface area contributed by atoms with Crippen LogP contribution in [0.5, 0.6) is 0 Å². The SMILES string of the molecule is O=C(c1ccc(Br)cc1)c1cc(-n2c3ccccc3c3ccccc32)cc(-n2c3ccccc3c3ccccc32)c1. The Balaban J connectivity index is 1.47. The van der Waals surface area contributed by atoms with Crippen LogP contribution in [0.4, 0.5) is 0 Å². The molecule has 0 spiro atoms. The Hall–Kier alpha value is -4.93. The molecule has 0 aliphatic carbocycles. The summed E-state index contributed by atoms with van der Waals surface area (Å²) in [5.74, 6) is -0.0119. The van der Waals surface area contributed by atoms with Crippen LogP contribution in [0.15, 0.2) is 144 Å². The molecule has 0 saturated heterocycles. The van der Waals surface area contributed by atoms with Gasteiger partial charge in [0.1, 0.15) is 0 Å². The number of para-hydroxylation sites is 4. The summed E-state index contributed by atoms with van der Waals surface area (Å²) in [6.07, 6.45) is 0. The van der Waals surface area contributed by atoms with Crippen molar-refractivity contribution < 1.29 is 4.79 Å². The Morgan fingerprint density at radius 2 is 0.805 bits per heavy atom. The van der Waals surface area contributed by atoms with Crippen LogP contribution in [0.2, 0.25) is 0 Å². The molecule has 8 aromatic rings. The van der Waals surface area contributed by atoms with E-state index in [9.17, 15) is 4.79 Å². The van der Waals surface area contributed by atoms with Crippen molar-refractivity contribution in [1.29, 1.82) is 0 Å². The van der Waals surface area contributed by atoms with E-state index in [0.717, 1.165) is 37.9 Å². The zero-order chi connectivity index (χ0) is 27.5. The van der Waals surface area contributed by atoms with E-state index in [1.165, 1.54) is 21.5 Å². The number of hydrogen-bond acceptors (Lipinski definition) is 1. The van der Waals surface area contributed by atoms with Crippen LogP contribution in [0, 0.1) is 0 Å². The van der Waals surface area contributed by atoms with Gasteiger partial charge in [0.15, 0.2) is 5.78 Å². The highest BCUT2D eigenvalue weighted by atomic mass is 79.9. The fraction of sp³-hybridized carbons (Fsp3) is 0. The van der Waals surface area contributed by atoms with E-state index >= 15 is 0 Å². The zero-order valence-electron chi connectivity index (χ0n) is 22.0. The maximum atomic E-state index is 14.0. The Morgan fingerprint density at radius 3 is 1.20 bits per heavy atom. The first-order chi connectivity index (χ1) is 20.2. The summed E-state index contributed by atoms with van der Waals surface area (Å²) in [4.78, 5) is 14.0. The van der Waals surface area contributed by atoms with Crippen molar-refractivity contribution in [2.75, 3.05) is 0 Å². The minimum atomic E-state index is -0.0119. The second-order valence-corrected chi connectivity index (χ2v) is 11.2. The predicted octanol–water partition coefficient (Wildman–Crippen LogP) is 9.87. The van der Waals surface area contributed by atoms with Crippen LogP contribution < -0.4 is 0 Å². The number of nitrogens with zero attached hydrogens (tertiary/aromatic N) is 2. The van der Waals surface area contributed by atoms with Crippen LogP contribution in [0.1, 0.15) is 15.9 Å². The number of carbonyl (C=O) groups is 1. The Labute approximate surface area is 245 Å². The van der Waals surface area contributed by atoms with Gasteiger partial charge in [0, 0.05) is 48.5 Å². The molecule has 0 unspecified atom stereocenters. The van der Waals surface area contributed by atoms with Gasteiger partial charge in [-0.2, -0.15) is 0 Å². The van der Waals surface area contributed by atoms with Crippen LogP contribution in [0.3, 0.4) is 0 Å². The molecular weight excluding hydrogens is 568 g/mol. The quantitative estimate of drug-likeness (QED) is 0.187. The standard InChI is InChI=1S/C37H23BrN2O/c38-26-19-17-24(18-20-26)37(41)25-21-27(39-33-13-5-1-9-29(33)30-10-2-6-14-34(30)39)23-28(22-25)40-35-15-7-3-11-31(35)32-12-4-8-16-36(32)40/h1-23H. The lowest BCUT2D eigenvalue weighted by Gasteiger charge is -2.15. The van der Waals surface area contributed by atoms with Gasteiger partial charge >= 0.3 is 0 Å². The second kappa shape index (κ2) is 9.33. The molecule has 41 heavy (non-hydrogen) atoms. The molecule has 194 valence electrons. The number of hydrogen-bond donors (Lipinski definition) is 0.